The third-order valence-corrected chi connectivity index (χ3v) is 16.9. The van der Waals surface area contributed by atoms with Gasteiger partial charge in [0.1, 0.15) is 0 Å². The van der Waals surface area contributed by atoms with Gasteiger partial charge in [-0.05, 0) is 40.1 Å². The quantitative estimate of drug-likeness (QED) is 0.555. The van der Waals surface area contributed by atoms with Crippen LogP contribution in [-0.2, 0) is 13.0 Å². The van der Waals surface area contributed by atoms with Crippen LogP contribution in [0.2, 0.25) is 22.2 Å². The summed E-state index contributed by atoms with van der Waals surface area (Å²) in [4.78, 5) is 1.35. The zero-order valence-corrected chi connectivity index (χ0v) is 19.7. The van der Waals surface area contributed by atoms with Crippen molar-refractivity contribution in [2.75, 3.05) is 6.61 Å². The molecule has 24 heavy (non-hydrogen) atoms. The van der Waals surface area contributed by atoms with E-state index in [-0.39, 0.29) is 6.10 Å². The average Bonchev–Trinajstić information content (AvgIpc) is 2.77. The minimum absolute atomic E-state index is 0.137. The standard InChI is InChI=1S/C18H36O3SSi2/c1-12(2)23(13(3)4)19-11-18-17(10-16(9)22-18)20-24(21-23,14(5)6)15(7)8/h10,12-15,17-18H,11H2,1-9H3/t17-,18+/m0/s1. The van der Waals surface area contributed by atoms with Gasteiger partial charge in [0.25, 0.3) is 0 Å². The smallest absolute Gasteiger partial charge is 0.335 e. The molecule has 6 heteroatoms. The lowest BCUT2D eigenvalue weighted by Gasteiger charge is -2.51. The van der Waals surface area contributed by atoms with Gasteiger partial charge in [-0.15, -0.1) is 11.8 Å². The van der Waals surface area contributed by atoms with E-state index in [1.54, 1.807) is 0 Å². The number of fused-ring (bicyclic) bond motifs is 1. The van der Waals surface area contributed by atoms with Gasteiger partial charge in [-0.1, -0.05) is 55.4 Å². The molecular formula is C18H36O3SSi2. The van der Waals surface area contributed by atoms with Gasteiger partial charge >= 0.3 is 17.1 Å². The second kappa shape index (κ2) is 7.57. The van der Waals surface area contributed by atoms with Crippen LogP contribution in [0.25, 0.3) is 0 Å². The molecule has 3 nitrogen and oxygen atoms in total. The Morgan fingerprint density at radius 3 is 1.88 bits per heavy atom. The Kier molecular flexibility index (Phi) is 6.53. The molecule has 0 aliphatic carbocycles. The van der Waals surface area contributed by atoms with Crippen molar-refractivity contribution in [1.29, 1.82) is 0 Å². The number of hydrogen-bond acceptors (Lipinski definition) is 4. The molecule has 0 amide bonds. The lowest BCUT2D eigenvalue weighted by atomic mass is 10.2. The van der Waals surface area contributed by atoms with Crippen LogP contribution in [0.3, 0.4) is 0 Å². The topological polar surface area (TPSA) is 27.7 Å². The Hall–Kier alpha value is 0.404. The third kappa shape index (κ3) is 3.60. The van der Waals surface area contributed by atoms with Crippen molar-refractivity contribution in [1.82, 2.24) is 0 Å². The van der Waals surface area contributed by atoms with Gasteiger partial charge in [0.15, 0.2) is 0 Å². The van der Waals surface area contributed by atoms with E-state index in [1.807, 2.05) is 11.8 Å². The number of thioether (sulfide) groups is 1. The van der Waals surface area contributed by atoms with Gasteiger partial charge in [0, 0.05) is 0 Å². The first kappa shape index (κ1) is 20.7. The molecule has 2 rings (SSSR count). The molecule has 1 saturated heterocycles. The molecule has 0 bridgehead atoms. The summed E-state index contributed by atoms with van der Waals surface area (Å²) in [5.41, 5.74) is 1.65. The van der Waals surface area contributed by atoms with E-state index in [4.69, 9.17) is 13.0 Å². The lowest BCUT2D eigenvalue weighted by molar-refractivity contribution is 0.0941. The fraction of sp³-hybridized carbons (Fsp3) is 0.889. The maximum absolute atomic E-state index is 7.15. The fourth-order valence-electron chi connectivity index (χ4n) is 4.06. The molecule has 0 saturated carbocycles. The molecule has 0 N–H and O–H groups in total. The zero-order valence-electron chi connectivity index (χ0n) is 16.9. The zero-order chi connectivity index (χ0) is 18.3. The minimum Gasteiger partial charge on any atom is -0.414 e. The molecule has 0 aromatic heterocycles. The number of rotatable bonds is 4. The summed E-state index contributed by atoms with van der Waals surface area (Å²) in [6.45, 7) is 21.1. The SMILES string of the molecule is CC1=C[C@@H]2O[Si](C(C)C)(C(C)C)O[Si](C(C)C)(C(C)C)OC[C@H]2S1. The number of hydrogen-bond donors (Lipinski definition) is 0. The molecule has 2 heterocycles. The average molecular weight is 389 g/mol. The van der Waals surface area contributed by atoms with Crippen molar-refractivity contribution in [3.63, 3.8) is 0 Å². The van der Waals surface area contributed by atoms with E-state index in [1.165, 1.54) is 4.91 Å². The molecule has 0 spiro atoms. The van der Waals surface area contributed by atoms with Gasteiger partial charge in [-0.2, -0.15) is 0 Å². The first-order valence-electron chi connectivity index (χ1n) is 9.42. The van der Waals surface area contributed by atoms with E-state index >= 15 is 0 Å². The van der Waals surface area contributed by atoms with Crippen LogP contribution in [0.15, 0.2) is 11.0 Å². The normalized spacial score (nSPS) is 29.8. The summed E-state index contributed by atoms with van der Waals surface area (Å²) in [7, 11) is -4.78. The molecule has 0 radical (unpaired) electrons. The third-order valence-electron chi connectivity index (χ3n) is 5.43. The summed E-state index contributed by atoms with van der Waals surface area (Å²) in [5.74, 6) is 0. The van der Waals surface area contributed by atoms with Crippen LogP contribution in [0.4, 0.5) is 0 Å². The molecule has 0 aromatic carbocycles. The van der Waals surface area contributed by atoms with Crippen LogP contribution in [0.1, 0.15) is 62.3 Å². The highest BCUT2D eigenvalue weighted by molar-refractivity contribution is 8.04. The van der Waals surface area contributed by atoms with E-state index in [0.717, 1.165) is 6.61 Å². The monoisotopic (exact) mass is 388 g/mol. The van der Waals surface area contributed by atoms with Crippen LogP contribution < -0.4 is 0 Å². The lowest BCUT2D eigenvalue weighted by Crippen LogP contribution is -2.64. The maximum Gasteiger partial charge on any atom is 0.335 e. The molecule has 2 aliphatic heterocycles. The van der Waals surface area contributed by atoms with Gasteiger partial charge in [-0.3, -0.25) is 0 Å². The van der Waals surface area contributed by atoms with Crippen molar-refractivity contribution in [2.24, 2.45) is 0 Å². The van der Waals surface area contributed by atoms with E-state index in [0.29, 0.717) is 27.4 Å². The van der Waals surface area contributed by atoms with Gasteiger partial charge in [-0.25, -0.2) is 0 Å². The van der Waals surface area contributed by atoms with E-state index in [2.05, 4.69) is 68.4 Å². The van der Waals surface area contributed by atoms with Crippen LogP contribution in [0, 0.1) is 0 Å². The van der Waals surface area contributed by atoms with Gasteiger partial charge in [0.05, 0.1) is 18.0 Å². The molecule has 2 aliphatic rings. The van der Waals surface area contributed by atoms with E-state index in [9.17, 15) is 0 Å². The summed E-state index contributed by atoms with van der Waals surface area (Å²) in [5, 5.41) is 0.377. The van der Waals surface area contributed by atoms with Gasteiger partial charge in [0.2, 0.25) is 0 Å². The maximum atomic E-state index is 7.15. The number of allylic oxidation sites excluding steroid dienone is 1. The Labute approximate surface area is 155 Å². The molecule has 140 valence electrons. The van der Waals surface area contributed by atoms with Gasteiger partial charge < -0.3 is 13.0 Å². The Bertz CT molecular complexity index is 461. The highest BCUT2D eigenvalue weighted by atomic mass is 32.2. The molecule has 0 unspecified atom stereocenters. The van der Waals surface area contributed by atoms with Crippen LogP contribution in [-0.4, -0.2) is 35.1 Å². The predicted molar refractivity (Wildman–Crippen MR) is 109 cm³/mol. The van der Waals surface area contributed by atoms with Crippen molar-refractivity contribution in [3.05, 3.63) is 11.0 Å². The van der Waals surface area contributed by atoms with Crippen molar-refractivity contribution >= 4 is 28.9 Å². The summed E-state index contributed by atoms with van der Waals surface area (Å²) in [6.07, 6.45) is 2.42. The summed E-state index contributed by atoms with van der Waals surface area (Å²) >= 11 is 1.92. The highest BCUT2D eigenvalue weighted by Gasteiger charge is 2.59. The Balaban J connectivity index is 2.51. The second-order valence-corrected chi connectivity index (χ2v) is 18.8. The molecule has 1 fully saturated rings. The Morgan fingerprint density at radius 1 is 0.917 bits per heavy atom. The summed E-state index contributed by atoms with van der Waals surface area (Å²) in [6, 6.07) is 0. The second-order valence-electron chi connectivity index (χ2n) is 8.49. The first-order valence-corrected chi connectivity index (χ1v) is 14.2. The molecule has 0 aromatic rings. The van der Waals surface area contributed by atoms with E-state index < -0.39 is 17.1 Å². The largest absolute Gasteiger partial charge is 0.414 e. The first-order chi connectivity index (χ1) is 11.0. The minimum atomic E-state index is -2.42. The van der Waals surface area contributed by atoms with Crippen LogP contribution >= 0.6 is 11.8 Å². The van der Waals surface area contributed by atoms with Crippen LogP contribution in [0.5, 0.6) is 0 Å². The van der Waals surface area contributed by atoms with Crippen molar-refractivity contribution < 1.29 is 13.0 Å². The molecular weight excluding hydrogens is 352 g/mol. The van der Waals surface area contributed by atoms with Crippen molar-refractivity contribution in [3.8, 4) is 0 Å². The fourth-order valence-corrected chi connectivity index (χ4v) is 16.5. The van der Waals surface area contributed by atoms with Crippen molar-refractivity contribution in [2.45, 2.75) is 95.8 Å². The predicted octanol–water partition coefficient (Wildman–Crippen LogP) is 5.96. The Morgan fingerprint density at radius 2 is 1.42 bits per heavy atom. The highest BCUT2D eigenvalue weighted by Crippen LogP contribution is 2.48. The summed E-state index contributed by atoms with van der Waals surface area (Å²) < 4.78 is 20.8. The molecule has 2 atom stereocenters.